The van der Waals surface area contributed by atoms with Crippen molar-refractivity contribution in [3.8, 4) is 11.5 Å². The quantitative estimate of drug-likeness (QED) is 0.652. The Morgan fingerprint density at radius 2 is 2.00 bits per heavy atom. The molecule has 0 bridgehead atoms. The maximum atomic E-state index is 11.2. The van der Waals surface area contributed by atoms with Crippen molar-refractivity contribution in [1.82, 2.24) is 4.98 Å². The van der Waals surface area contributed by atoms with E-state index in [4.69, 9.17) is 33.4 Å². The van der Waals surface area contributed by atoms with E-state index in [0.29, 0.717) is 42.6 Å². The van der Waals surface area contributed by atoms with Crippen LogP contribution in [0.25, 0.3) is 22.6 Å². The number of nitrogens with two attached hydrogens (primary N) is 1. The summed E-state index contributed by atoms with van der Waals surface area (Å²) in [5.41, 5.74) is 7.31. The molecule has 0 radical (unpaired) electrons. The van der Waals surface area contributed by atoms with E-state index in [0.717, 1.165) is 0 Å². The van der Waals surface area contributed by atoms with Crippen molar-refractivity contribution in [2.24, 2.45) is 5.73 Å². The molecule has 1 aromatic heterocycles. The number of halogens is 3. The lowest BCUT2D eigenvalue weighted by molar-refractivity contribution is 0.100. The number of benzene rings is 2. The monoisotopic (exact) mass is 384 g/mol. The number of carbonyl (C=O) groups excluding carboxylic acids is 1. The third-order valence-electron chi connectivity index (χ3n) is 2.90. The minimum absolute atomic E-state index is 0.350. The molecule has 0 aliphatic carbocycles. The zero-order chi connectivity index (χ0) is 15.1. The summed E-state index contributed by atoms with van der Waals surface area (Å²) in [6.45, 7) is 0. The van der Waals surface area contributed by atoms with E-state index < -0.39 is 5.91 Å². The molecular weight excluding hydrogens is 379 g/mol. The number of fused-ring (bicyclic) bond motifs is 1. The van der Waals surface area contributed by atoms with Crippen molar-refractivity contribution in [2.75, 3.05) is 0 Å². The van der Waals surface area contributed by atoms with Gasteiger partial charge in [0.25, 0.3) is 0 Å². The van der Waals surface area contributed by atoms with Crippen LogP contribution in [0.2, 0.25) is 10.0 Å². The van der Waals surface area contributed by atoms with Crippen molar-refractivity contribution in [3.63, 3.8) is 0 Å². The molecule has 0 fully saturated rings. The van der Waals surface area contributed by atoms with E-state index in [9.17, 15) is 4.79 Å². The van der Waals surface area contributed by atoms with Gasteiger partial charge < -0.3 is 10.2 Å². The highest BCUT2D eigenvalue weighted by Crippen LogP contribution is 2.37. The average Bonchev–Trinajstić information content (AvgIpc) is 2.85. The predicted molar refractivity (Wildman–Crippen MR) is 85.7 cm³/mol. The molecule has 1 amide bonds. The molecule has 2 aromatic carbocycles. The maximum Gasteiger partial charge on any atom is 0.248 e. The molecule has 0 aliphatic heterocycles. The molecule has 3 aromatic rings. The predicted octanol–water partition coefficient (Wildman–Crippen LogP) is 4.66. The van der Waals surface area contributed by atoms with Gasteiger partial charge in [0.05, 0.1) is 10.6 Å². The van der Waals surface area contributed by atoms with Gasteiger partial charge in [-0.15, -0.1) is 0 Å². The number of oxazole rings is 1. The molecule has 2 N–H and O–H groups in total. The van der Waals surface area contributed by atoms with Crippen LogP contribution in [0.15, 0.2) is 39.2 Å². The molecule has 0 unspecified atom stereocenters. The van der Waals surface area contributed by atoms with Crippen molar-refractivity contribution < 1.29 is 9.21 Å². The Balaban J connectivity index is 2.20. The smallest absolute Gasteiger partial charge is 0.248 e. The molecular formula is C14H7BrCl2N2O2. The Morgan fingerprint density at radius 1 is 1.24 bits per heavy atom. The number of hydrogen-bond acceptors (Lipinski definition) is 3. The van der Waals surface area contributed by atoms with Crippen LogP contribution in [0.4, 0.5) is 0 Å². The van der Waals surface area contributed by atoms with Gasteiger partial charge in [0.1, 0.15) is 5.52 Å². The summed E-state index contributed by atoms with van der Waals surface area (Å²) in [5, 5.41) is 0.927. The number of amides is 1. The number of nitrogens with zero attached hydrogens (tertiary/aromatic N) is 1. The number of aromatic nitrogens is 1. The molecule has 3 rings (SSSR count). The molecule has 7 heteroatoms. The van der Waals surface area contributed by atoms with Crippen LogP contribution in [0, 0.1) is 0 Å². The first-order valence-electron chi connectivity index (χ1n) is 5.81. The molecule has 106 valence electrons. The van der Waals surface area contributed by atoms with Crippen molar-refractivity contribution >= 4 is 56.1 Å². The fourth-order valence-electron chi connectivity index (χ4n) is 1.91. The van der Waals surface area contributed by atoms with Gasteiger partial charge in [0.15, 0.2) is 5.58 Å². The van der Waals surface area contributed by atoms with Crippen molar-refractivity contribution in [2.45, 2.75) is 0 Å². The number of rotatable bonds is 2. The highest BCUT2D eigenvalue weighted by atomic mass is 79.9. The van der Waals surface area contributed by atoms with Crippen molar-refractivity contribution in [3.05, 3.63) is 50.4 Å². The van der Waals surface area contributed by atoms with Crippen LogP contribution < -0.4 is 5.73 Å². The van der Waals surface area contributed by atoms with Gasteiger partial charge in [-0.05, 0) is 46.3 Å². The molecule has 0 atom stereocenters. The summed E-state index contributed by atoms with van der Waals surface area (Å²) in [5.74, 6) is -0.170. The maximum absolute atomic E-state index is 11.2. The summed E-state index contributed by atoms with van der Waals surface area (Å²) in [4.78, 5) is 15.5. The largest absolute Gasteiger partial charge is 0.436 e. The summed E-state index contributed by atoms with van der Waals surface area (Å²) < 4.78 is 6.30. The SMILES string of the molecule is NC(=O)c1ccc2oc(-c3cc(Cl)cc(Cl)c3Br)nc2c1. The lowest BCUT2D eigenvalue weighted by Crippen LogP contribution is -2.10. The van der Waals surface area contributed by atoms with E-state index in [2.05, 4.69) is 20.9 Å². The van der Waals surface area contributed by atoms with Crippen LogP contribution in [0.1, 0.15) is 10.4 Å². The zero-order valence-electron chi connectivity index (χ0n) is 10.4. The molecule has 0 spiro atoms. The fraction of sp³-hybridized carbons (Fsp3) is 0. The summed E-state index contributed by atoms with van der Waals surface area (Å²) in [6, 6.07) is 8.11. The molecule has 21 heavy (non-hydrogen) atoms. The summed E-state index contributed by atoms with van der Waals surface area (Å²) in [6.07, 6.45) is 0. The van der Waals surface area contributed by atoms with Crippen molar-refractivity contribution in [1.29, 1.82) is 0 Å². The third-order valence-corrected chi connectivity index (χ3v) is 4.49. The number of carbonyl (C=O) groups is 1. The lowest BCUT2D eigenvalue weighted by Gasteiger charge is -2.02. The Hall–Kier alpha value is -1.56. The Morgan fingerprint density at radius 3 is 2.71 bits per heavy atom. The Kier molecular flexibility index (Phi) is 3.65. The van der Waals surface area contributed by atoms with Crippen LogP contribution >= 0.6 is 39.1 Å². The first-order valence-corrected chi connectivity index (χ1v) is 7.36. The van der Waals surface area contributed by atoms with Gasteiger partial charge in [-0.1, -0.05) is 23.2 Å². The van der Waals surface area contributed by atoms with E-state index in [1.165, 1.54) is 0 Å². The number of primary amides is 1. The minimum Gasteiger partial charge on any atom is -0.436 e. The second-order valence-corrected chi connectivity index (χ2v) is 5.95. The topological polar surface area (TPSA) is 69.1 Å². The van der Waals surface area contributed by atoms with E-state index in [1.807, 2.05) is 0 Å². The fourth-order valence-corrected chi connectivity index (χ4v) is 2.80. The van der Waals surface area contributed by atoms with Crippen LogP contribution in [0.5, 0.6) is 0 Å². The molecule has 0 aliphatic rings. The molecule has 1 heterocycles. The van der Waals surface area contributed by atoms with Gasteiger partial charge in [0, 0.05) is 15.1 Å². The van der Waals surface area contributed by atoms with Gasteiger partial charge in [-0.25, -0.2) is 4.98 Å². The van der Waals surface area contributed by atoms with Gasteiger partial charge in [-0.2, -0.15) is 0 Å². The molecule has 0 saturated carbocycles. The van der Waals surface area contributed by atoms with E-state index >= 15 is 0 Å². The minimum atomic E-state index is -0.520. The highest BCUT2D eigenvalue weighted by molar-refractivity contribution is 9.10. The highest BCUT2D eigenvalue weighted by Gasteiger charge is 2.15. The van der Waals surface area contributed by atoms with Gasteiger partial charge in [-0.3, -0.25) is 4.79 Å². The number of hydrogen-bond donors (Lipinski definition) is 1. The first-order chi connectivity index (χ1) is 9.95. The van der Waals surface area contributed by atoms with Crippen LogP contribution in [-0.4, -0.2) is 10.9 Å². The Bertz CT molecular complexity index is 877. The van der Waals surface area contributed by atoms with E-state index in [1.54, 1.807) is 30.3 Å². The van der Waals surface area contributed by atoms with E-state index in [-0.39, 0.29) is 0 Å². The second kappa shape index (κ2) is 5.33. The normalized spacial score (nSPS) is 11.0. The average molecular weight is 386 g/mol. The third kappa shape index (κ3) is 2.64. The van der Waals surface area contributed by atoms with Gasteiger partial charge >= 0.3 is 0 Å². The first kappa shape index (κ1) is 14.4. The van der Waals surface area contributed by atoms with Gasteiger partial charge in [0.2, 0.25) is 11.8 Å². The summed E-state index contributed by atoms with van der Waals surface area (Å²) in [7, 11) is 0. The Labute approximate surface area is 138 Å². The standard InChI is InChI=1S/C14H7BrCl2N2O2/c15-12-8(4-7(16)5-9(12)17)14-19-10-3-6(13(18)20)1-2-11(10)21-14/h1-5H,(H2,18,20). The van der Waals surface area contributed by atoms with Crippen LogP contribution in [0.3, 0.4) is 0 Å². The van der Waals surface area contributed by atoms with Crippen LogP contribution in [-0.2, 0) is 0 Å². The molecule has 4 nitrogen and oxygen atoms in total. The zero-order valence-corrected chi connectivity index (χ0v) is 13.5. The second-order valence-electron chi connectivity index (χ2n) is 4.31. The lowest BCUT2D eigenvalue weighted by atomic mass is 10.2. The summed E-state index contributed by atoms with van der Waals surface area (Å²) >= 11 is 15.5. The molecule has 0 saturated heterocycles.